The fourth-order valence-electron chi connectivity index (χ4n) is 4.47. The lowest BCUT2D eigenvalue weighted by Crippen LogP contribution is -2.43. The van der Waals surface area contributed by atoms with E-state index in [1.165, 1.54) is 16.2 Å². The van der Waals surface area contributed by atoms with Crippen molar-refractivity contribution in [3.05, 3.63) is 70.6 Å². The average Bonchev–Trinajstić information content (AvgIpc) is 3.31. The molecule has 4 N–H and O–H groups in total. The summed E-state index contributed by atoms with van der Waals surface area (Å²) in [7, 11) is -3.63. The standard InChI is InChI=1S/C24H24ClN3O5S2/c25-17-6-4-8-19(14-17)28(23(26)30)18-7-3-5-16(13-18)20-9-10-21(34-20)24(15-22(29)27-31)11-1-2-12-35(24,32)33/h3-10,13-14,31H,1-2,11-12,15H2,(H2,26,30)(H,27,29)/t24-/m0/s1. The molecule has 2 heterocycles. The Morgan fingerprint density at radius 2 is 1.80 bits per heavy atom. The predicted octanol–water partition coefficient (Wildman–Crippen LogP) is 4.97. The molecule has 1 aliphatic heterocycles. The molecule has 0 radical (unpaired) electrons. The van der Waals surface area contributed by atoms with Gasteiger partial charge in [-0.2, -0.15) is 0 Å². The molecule has 0 bridgehead atoms. The fourth-order valence-corrected chi connectivity index (χ4v) is 8.43. The molecule has 35 heavy (non-hydrogen) atoms. The number of amides is 3. The van der Waals surface area contributed by atoms with Crippen LogP contribution in [0.25, 0.3) is 10.4 Å². The molecule has 4 rings (SSSR count). The summed E-state index contributed by atoms with van der Waals surface area (Å²) in [5.74, 6) is -0.757. The first kappa shape index (κ1) is 25.2. The molecule has 1 aromatic heterocycles. The second-order valence-electron chi connectivity index (χ2n) is 8.35. The summed E-state index contributed by atoms with van der Waals surface area (Å²) >= 11 is 7.37. The zero-order chi connectivity index (χ0) is 25.2. The van der Waals surface area contributed by atoms with Crippen molar-refractivity contribution in [2.24, 2.45) is 5.73 Å². The molecule has 0 aliphatic carbocycles. The molecule has 0 spiro atoms. The summed E-state index contributed by atoms with van der Waals surface area (Å²) < 4.78 is 25.0. The Kier molecular flexibility index (Phi) is 7.18. The van der Waals surface area contributed by atoms with Gasteiger partial charge in [0, 0.05) is 14.8 Å². The summed E-state index contributed by atoms with van der Waals surface area (Å²) in [6, 6.07) is 16.7. The van der Waals surface area contributed by atoms with Crippen molar-refractivity contribution >= 4 is 56.1 Å². The third-order valence-electron chi connectivity index (χ3n) is 6.14. The number of urea groups is 1. The number of rotatable bonds is 6. The lowest BCUT2D eigenvalue weighted by Gasteiger charge is -2.35. The van der Waals surface area contributed by atoms with Gasteiger partial charge in [0.15, 0.2) is 9.84 Å². The number of hydrogen-bond donors (Lipinski definition) is 3. The lowest BCUT2D eigenvalue weighted by molar-refractivity contribution is -0.130. The van der Waals surface area contributed by atoms with E-state index in [-0.39, 0.29) is 12.2 Å². The average molecular weight is 534 g/mol. The molecular weight excluding hydrogens is 510 g/mol. The molecule has 184 valence electrons. The highest BCUT2D eigenvalue weighted by Crippen LogP contribution is 2.47. The maximum absolute atomic E-state index is 13.2. The highest BCUT2D eigenvalue weighted by Gasteiger charge is 2.49. The monoisotopic (exact) mass is 533 g/mol. The summed E-state index contributed by atoms with van der Waals surface area (Å²) in [5, 5.41) is 9.53. The number of nitrogens with one attached hydrogen (secondary N) is 1. The van der Waals surface area contributed by atoms with E-state index in [1.807, 2.05) is 6.07 Å². The summed E-state index contributed by atoms with van der Waals surface area (Å²) in [5.41, 5.74) is 9.03. The van der Waals surface area contributed by atoms with Crippen molar-refractivity contribution < 1.29 is 23.2 Å². The molecule has 1 aliphatic rings. The number of thiophene rings is 1. The summed E-state index contributed by atoms with van der Waals surface area (Å²) in [6.07, 6.45) is 1.15. The molecule has 1 atom stereocenters. The van der Waals surface area contributed by atoms with E-state index in [9.17, 15) is 18.0 Å². The molecule has 1 fully saturated rings. The van der Waals surface area contributed by atoms with Gasteiger partial charge in [0.05, 0.1) is 23.5 Å². The molecule has 8 nitrogen and oxygen atoms in total. The first-order valence-corrected chi connectivity index (χ1v) is 13.7. The Labute approximate surface area is 212 Å². The number of carbonyl (C=O) groups excluding carboxylic acids is 2. The molecule has 11 heteroatoms. The quantitative estimate of drug-likeness (QED) is 0.304. The van der Waals surface area contributed by atoms with E-state index in [0.29, 0.717) is 40.5 Å². The SMILES string of the molecule is NC(=O)N(c1cccc(Cl)c1)c1cccc(-c2ccc([C@@]3(CC(=O)NO)CCCCS3(=O)=O)s2)c1. The van der Waals surface area contributed by atoms with Crippen molar-refractivity contribution in [3.8, 4) is 10.4 Å². The van der Waals surface area contributed by atoms with Crippen molar-refractivity contribution in [1.29, 1.82) is 0 Å². The summed E-state index contributed by atoms with van der Waals surface area (Å²) in [6.45, 7) is 0. The first-order valence-electron chi connectivity index (χ1n) is 10.9. The van der Waals surface area contributed by atoms with Gasteiger partial charge in [-0.1, -0.05) is 36.2 Å². The zero-order valence-electron chi connectivity index (χ0n) is 18.6. The minimum absolute atomic E-state index is 0.0123. The molecule has 1 saturated heterocycles. The Bertz CT molecular complexity index is 1370. The number of sulfone groups is 1. The molecule has 3 amide bonds. The highest BCUT2D eigenvalue weighted by atomic mass is 35.5. The van der Waals surface area contributed by atoms with E-state index < -0.39 is 26.5 Å². The number of carbonyl (C=O) groups is 2. The van der Waals surface area contributed by atoms with E-state index in [4.69, 9.17) is 22.5 Å². The Morgan fingerprint density at radius 3 is 2.46 bits per heavy atom. The highest BCUT2D eigenvalue weighted by molar-refractivity contribution is 7.92. The largest absolute Gasteiger partial charge is 0.351 e. The van der Waals surface area contributed by atoms with Crippen molar-refractivity contribution in [2.75, 3.05) is 10.7 Å². The number of benzene rings is 2. The minimum atomic E-state index is -3.63. The van der Waals surface area contributed by atoms with Gasteiger partial charge in [0.25, 0.3) is 0 Å². The van der Waals surface area contributed by atoms with Crippen LogP contribution in [0.5, 0.6) is 0 Å². The number of primary amides is 1. The molecule has 3 aromatic rings. The normalized spacial score (nSPS) is 19.1. The van der Waals surface area contributed by atoms with Gasteiger partial charge in [-0.25, -0.2) is 18.7 Å². The molecule has 0 saturated carbocycles. The molecular formula is C24H24ClN3O5S2. The number of anilines is 2. The third kappa shape index (κ3) is 4.92. The molecule has 0 unspecified atom stereocenters. The van der Waals surface area contributed by atoms with Gasteiger partial charge in [0.2, 0.25) is 5.91 Å². The van der Waals surface area contributed by atoms with Crippen LogP contribution in [0.3, 0.4) is 0 Å². The lowest BCUT2D eigenvalue weighted by atomic mass is 9.94. The second-order valence-corrected chi connectivity index (χ2v) is 12.3. The number of nitrogens with zero attached hydrogens (tertiary/aromatic N) is 1. The van der Waals surface area contributed by atoms with E-state index in [1.54, 1.807) is 60.1 Å². The van der Waals surface area contributed by atoms with Crippen LogP contribution in [-0.4, -0.2) is 31.3 Å². The Balaban J connectivity index is 1.75. The number of halogens is 1. The van der Waals surface area contributed by atoms with Crippen LogP contribution in [0.4, 0.5) is 16.2 Å². The van der Waals surface area contributed by atoms with Gasteiger partial charge >= 0.3 is 6.03 Å². The van der Waals surface area contributed by atoms with Crippen LogP contribution >= 0.6 is 22.9 Å². The summed E-state index contributed by atoms with van der Waals surface area (Å²) in [4.78, 5) is 27.0. The van der Waals surface area contributed by atoms with E-state index in [0.717, 1.165) is 10.4 Å². The van der Waals surface area contributed by atoms with E-state index >= 15 is 0 Å². The van der Waals surface area contributed by atoms with Crippen LogP contribution in [0.15, 0.2) is 60.7 Å². The zero-order valence-corrected chi connectivity index (χ0v) is 21.0. The number of hydrogen-bond acceptors (Lipinski definition) is 6. The van der Waals surface area contributed by atoms with Crippen LogP contribution in [-0.2, 0) is 19.4 Å². The van der Waals surface area contributed by atoms with Gasteiger partial charge in [-0.3, -0.25) is 14.9 Å². The third-order valence-corrected chi connectivity index (χ3v) is 10.4. The van der Waals surface area contributed by atoms with Crippen molar-refractivity contribution in [1.82, 2.24) is 5.48 Å². The predicted molar refractivity (Wildman–Crippen MR) is 137 cm³/mol. The number of hydroxylamine groups is 1. The smallest absolute Gasteiger partial charge is 0.323 e. The van der Waals surface area contributed by atoms with Crippen LogP contribution < -0.4 is 16.1 Å². The fraction of sp³-hybridized carbons (Fsp3) is 0.250. The van der Waals surface area contributed by atoms with E-state index in [2.05, 4.69) is 0 Å². The molecule has 2 aromatic carbocycles. The van der Waals surface area contributed by atoms with Crippen LogP contribution in [0.1, 0.15) is 30.6 Å². The van der Waals surface area contributed by atoms with Crippen LogP contribution in [0.2, 0.25) is 5.02 Å². The van der Waals surface area contributed by atoms with Crippen LogP contribution in [0, 0.1) is 0 Å². The van der Waals surface area contributed by atoms with Gasteiger partial charge in [-0.05, 0) is 60.9 Å². The topological polar surface area (TPSA) is 130 Å². The maximum Gasteiger partial charge on any atom is 0.323 e. The Hall–Kier alpha value is -2.92. The van der Waals surface area contributed by atoms with Gasteiger partial charge in [-0.15, -0.1) is 11.3 Å². The first-order chi connectivity index (χ1) is 16.7. The van der Waals surface area contributed by atoms with Gasteiger partial charge in [0.1, 0.15) is 4.75 Å². The van der Waals surface area contributed by atoms with Crippen molar-refractivity contribution in [2.45, 2.75) is 30.4 Å². The maximum atomic E-state index is 13.2. The minimum Gasteiger partial charge on any atom is -0.351 e. The van der Waals surface area contributed by atoms with Crippen molar-refractivity contribution in [3.63, 3.8) is 0 Å². The van der Waals surface area contributed by atoms with Gasteiger partial charge < -0.3 is 5.73 Å². The Morgan fingerprint density at radius 1 is 1.09 bits per heavy atom. The number of nitrogens with two attached hydrogens (primary N) is 1. The second kappa shape index (κ2) is 9.98.